The Morgan fingerprint density at radius 1 is 0.971 bits per heavy atom. The van der Waals surface area contributed by atoms with Gasteiger partial charge in [0.1, 0.15) is 18.0 Å². The van der Waals surface area contributed by atoms with Gasteiger partial charge < -0.3 is 9.47 Å². The summed E-state index contributed by atoms with van der Waals surface area (Å²) in [6.07, 6.45) is 2.40. The molecule has 3 aromatic rings. The summed E-state index contributed by atoms with van der Waals surface area (Å²) in [5.74, 6) is -0.279. The second kappa shape index (κ2) is 11.1. The molecule has 10 heteroatoms. The van der Waals surface area contributed by atoms with E-state index in [2.05, 4.69) is 10.5 Å². The van der Waals surface area contributed by atoms with Crippen LogP contribution in [0.1, 0.15) is 15.9 Å². The van der Waals surface area contributed by atoms with Crippen LogP contribution >= 0.6 is 0 Å². The van der Waals surface area contributed by atoms with E-state index in [0.29, 0.717) is 28.3 Å². The lowest BCUT2D eigenvalue weighted by molar-refractivity contribution is -0.119. The number of esters is 1. The van der Waals surface area contributed by atoms with Crippen LogP contribution in [-0.4, -0.2) is 46.4 Å². The molecule has 0 atom stereocenters. The molecule has 176 valence electrons. The second-order valence-electron chi connectivity index (χ2n) is 7.09. The van der Waals surface area contributed by atoms with Crippen molar-refractivity contribution in [1.82, 2.24) is 5.43 Å². The standard InChI is InChI=1S/C24H23N3O6S/c1-32-22-10-6-9-20(15-22)27(34(2,30)31)17-23(28)26-25-16-18-11-13-21(14-12-18)33-24(29)19-7-4-3-5-8-19/h3-16H,17H2,1-2H3,(H,26,28)/b25-16-. The van der Waals surface area contributed by atoms with Crippen LogP contribution in [0.5, 0.6) is 11.5 Å². The third kappa shape index (κ3) is 6.91. The van der Waals surface area contributed by atoms with Crippen LogP contribution in [-0.2, 0) is 14.8 Å². The van der Waals surface area contributed by atoms with E-state index < -0.39 is 28.4 Å². The summed E-state index contributed by atoms with van der Waals surface area (Å²) in [6.45, 7) is -0.461. The minimum Gasteiger partial charge on any atom is -0.497 e. The molecule has 0 bridgehead atoms. The molecule has 0 heterocycles. The highest BCUT2D eigenvalue weighted by Gasteiger charge is 2.21. The van der Waals surface area contributed by atoms with Crippen molar-refractivity contribution < 1.29 is 27.5 Å². The molecular formula is C24H23N3O6S. The van der Waals surface area contributed by atoms with E-state index in [1.54, 1.807) is 72.8 Å². The Hall–Kier alpha value is -4.18. The van der Waals surface area contributed by atoms with Crippen molar-refractivity contribution in [2.45, 2.75) is 0 Å². The number of nitrogens with zero attached hydrogens (tertiary/aromatic N) is 2. The van der Waals surface area contributed by atoms with Crippen LogP contribution < -0.4 is 19.2 Å². The van der Waals surface area contributed by atoms with E-state index in [1.807, 2.05) is 0 Å². The van der Waals surface area contributed by atoms with Gasteiger partial charge in [0.25, 0.3) is 5.91 Å². The van der Waals surface area contributed by atoms with Crippen LogP contribution in [0.15, 0.2) is 84.0 Å². The molecule has 0 aliphatic heterocycles. The van der Waals surface area contributed by atoms with Crippen molar-refractivity contribution in [3.05, 3.63) is 90.0 Å². The van der Waals surface area contributed by atoms with Crippen molar-refractivity contribution in [3.63, 3.8) is 0 Å². The predicted molar refractivity (Wildman–Crippen MR) is 129 cm³/mol. The van der Waals surface area contributed by atoms with Crippen molar-refractivity contribution in [1.29, 1.82) is 0 Å². The van der Waals surface area contributed by atoms with Crippen molar-refractivity contribution in [2.75, 3.05) is 24.2 Å². The van der Waals surface area contributed by atoms with Crippen LogP contribution in [0.25, 0.3) is 0 Å². The average molecular weight is 482 g/mol. The molecule has 0 aliphatic rings. The average Bonchev–Trinajstić information content (AvgIpc) is 2.83. The second-order valence-corrected chi connectivity index (χ2v) is 9.00. The van der Waals surface area contributed by atoms with Gasteiger partial charge in [0.2, 0.25) is 10.0 Å². The highest BCUT2D eigenvalue weighted by Crippen LogP contribution is 2.22. The Kier molecular flexibility index (Phi) is 7.99. The zero-order valence-electron chi connectivity index (χ0n) is 18.5. The van der Waals surface area contributed by atoms with Gasteiger partial charge >= 0.3 is 5.97 Å². The molecular weight excluding hydrogens is 458 g/mol. The Morgan fingerprint density at radius 3 is 2.32 bits per heavy atom. The van der Waals surface area contributed by atoms with Crippen molar-refractivity contribution >= 4 is 33.8 Å². The quantitative estimate of drug-likeness (QED) is 0.218. The van der Waals surface area contributed by atoms with Crippen LogP contribution in [0.3, 0.4) is 0 Å². The summed E-state index contributed by atoms with van der Waals surface area (Å²) in [4.78, 5) is 24.4. The molecule has 0 spiro atoms. The highest BCUT2D eigenvalue weighted by molar-refractivity contribution is 7.92. The molecule has 0 unspecified atom stereocenters. The number of carbonyl (C=O) groups is 2. The van der Waals surface area contributed by atoms with E-state index in [-0.39, 0.29) is 0 Å². The van der Waals surface area contributed by atoms with E-state index in [4.69, 9.17) is 9.47 Å². The lowest BCUT2D eigenvalue weighted by Crippen LogP contribution is -2.39. The summed E-state index contributed by atoms with van der Waals surface area (Å²) in [7, 11) is -2.26. The number of hydrogen-bond donors (Lipinski definition) is 1. The fourth-order valence-electron chi connectivity index (χ4n) is 2.87. The van der Waals surface area contributed by atoms with Gasteiger partial charge in [-0.1, -0.05) is 24.3 Å². The first-order valence-corrected chi connectivity index (χ1v) is 11.9. The number of amides is 1. The monoisotopic (exact) mass is 481 g/mol. The fourth-order valence-corrected chi connectivity index (χ4v) is 3.72. The maximum atomic E-state index is 12.3. The summed E-state index contributed by atoms with van der Waals surface area (Å²) < 4.78 is 35.8. The van der Waals surface area contributed by atoms with Gasteiger partial charge in [-0.15, -0.1) is 0 Å². The minimum absolute atomic E-state index is 0.293. The van der Waals surface area contributed by atoms with Gasteiger partial charge in [-0.2, -0.15) is 5.10 Å². The molecule has 34 heavy (non-hydrogen) atoms. The molecule has 3 rings (SSSR count). The van der Waals surface area contributed by atoms with E-state index in [0.717, 1.165) is 10.6 Å². The van der Waals surface area contributed by atoms with Gasteiger partial charge in [-0.05, 0) is 54.1 Å². The predicted octanol–water partition coefficient (Wildman–Crippen LogP) is 2.83. The Morgan fingerprint density at radius 2 is 1.68 bits per heavy atom. The van der Waals surface area contributed by atoms with E-state index >= 15 is 0 Å². The minimum atomic E-state index is -3.73. The fraction of sp³-hybridized carbons (Fsp3) is 0.125. The van der Waals surface area contributed by atoms with Crippen LogP contribution in [0.2, 0.25) is 0 Å². The summed E-state index contributed by atoms with van der Waals surface area (Å²) in [5.41, 5.74) is 3.67. The largest absolute Gasteiger partial charge is 0.497 e. The molecule has 1 amide bonds. The zero-order valence-corrected chi connectivity index (χ0v) is 19.4. The first-order valence-electron chi connectivity index (χ1n) is 10.1. The number of benzene rings is 3. The number of ether oxygens (including phenoxy) is 2. The molecule has 0 aromatic heterocycles. The Bertz CT molecular complexity index is 1280. The van der Waals surface area contributed by atoms with Crippen molar-refractivity contribution in [2.24, 2.45) is 5.10 Å². The maximum Gasteiger partial charge on any atom is 0.343 e. The zero-order chi connectivity index (χ0) is 24.6. The lowest BCUT2D eigenvalue weighted by atomic mass is 10.2. The Balaban J connectivity index is 1.58. The normalized spacial score (nSPS) is 11.1. The molecule has 1 N–H and O–H groups in total. The number of methoxy groups -OCH3 is 1. The number of sulfonamides is 1. The SMILES string of the molecule is COc1cccc(N(CC(=O)N/N=C\c2ccc(OC(=O)c3ccccc3)cc2)S(C)(=O)=O)c1. The van der Waals surface area contributed by atoms with Crippen molar-refractivity contribution in [3.8, 4) is 11.5 Å². The highest BCUT2D eigenvalue weighted by atomic mass is 32.2. The van der Waals surface area contributed by atoms with Gasteiger partial charge in [0, 0.05) is 6.07 Å². The summed E-state index contributed by atoms with van der Waals surface area (Å²) >= 11 is 0. The van der Waals surface area contributed by atoms with Gasteiger partial charge in [-0.25, -0.2) is 18.6 Å². The van der Waals surface area contributed by atoms with Gasteiger partial charge in [-0.3, -0.25) is 9.10 Å². The number of hydrazone groups is 1. The topological polar surface area (TPSA) is 114 Å². The molecule has 0 fully saturated rings. The third-order valence-electron chi connectivity index (χ3n) is 4.53. The van der Waals surface area contributed by atoms with Crippen LogP contribution in [0, 0.1) is 0 Å². The number of nitrogens with one attached hydrogen (secondary N) is 1. The molecule has 3 aromatic carbocycles. The number of anilines is 1. The molecule has 9 nitrogen and oxygen atoms in total. The Labute approximate surface area is 197 Å². The van der Waals surface area contributed by atoms with Crippen LogP contribution in [0.4, 0.5) is 5.69 Å². The van der Waals surface area contributed by atoms with E-state index in [1.165, 1.54) is 19.4 Å². The van der Waals surface area contributed by atoms with E-state index in [9.17, 15) is 18.0 Å². The number of hydrogen-bond acceptors (Lipinski definition) is 7. The molecule has 0 saturated carbocycles. The lowest BCUT2D eigenvalue weighted by Gasteiger charge is -2.21. The summed E-state index contributed by atoms with van der Waals surface area (Å²) in [5, 5.41) is 3.86. The van der Waals surface area contributed by atoms with Gasteiger partial charge in [0.05, 0.1) is 30.8 Å². The smallest absolute Gasteiger partial charge is 0.343 e. The molecule has 0 radical (unpaired) electrons. The first kappa shape index (κ1) is 24.5. The third-order valence-corrected chi connectivity index (χ3v) is 5.67. The first-order chi connectivity index (χ1) is 16.3. The summed E-state index contributed by atoms with van der Waals surface area (Å²) in [6, 6.07) is 21.5. The molecule has 0 saturated heterocycles. The molecule has 0 aliphatic carbocycles. The van der Waals surface area contributed by atoms with Gasteiger partial charge in [0.15, 0.2) is 0 Å². The number of rotatable bonds is 9. The number of carbonyl (C=O) groups excluding carboxylic acids is 2. The maximum absolute atomic E-state index is 12.3.